The molecule has 10 nitrogen and oxygen atoms in total. The van der Waals surface area contributed by atoms with Gasteiger partial charge in [0, 0.05) is 31.0 Å². The third-order valence-corrected chi connectivity index (χ3v) is 8.97. The van der Waals surface area contributed by atoms with Gasteiger partial charge in [-0.25, -0.2) is 10.3 Å². The van der Waals surface area contributed by atoms with Crippen molar-refractivity contribution in [3.8, 4) is 0 Å². The number of carbonyl (C=O) groups is 3. The molecule has 6 unspecified atom stereocenters. The summed E-state index contributed by atoms with van der Waals surface area (Å²) in [6.45, 7) is 8.34. The van der Waals surface area contributed by atoms with E-state index in [0.717, 1.165) is 38.7 Å². The topological polar surface area (TPSA) is 126 Å². The van der Waals surface area contributed by atoms with Crippen molar-refractivity contribution in [2.45, 2.75) is 89.9 Å². The lowest BCUT2D eigenvalue weighted by molar-refractivity contribution is -0.147. The van der Waals surface area contributed by atoms with E-state index in [1.165, 1.54) is 7.11 Å². The molecule has 4 fully saturated rings. The highest BCUT2D eigenvalue weighted by Gasteiger charge is 2.53. The SMILES string of the molecule is CONC(=O)C1CC(C(=O)N2CCC3(CC2)COC2CCC(CNC(=O)OC(C)(C)C)CC23)CCC1O. The Bertz CT molecular complexity index is 836. The van der Waals surface area contributed by atoms with Crippen LogP contribution in [0.15, 0.2) is 0 Å². The molecule has 6 atom stereocenters. The Kier molecular flexibility index (Phi) is 8.70. The normalized spacial score (nSPS) is 33.5. The average molecular weight is 524 g/mol. The Labute approximate surface area is 220 Å². The zero-order chi connectivity index (χ0) is 26.8. The molecule has 2 aliphatic heterocycles. The van der Waals surface area contributed by atoms with E-state index in [1.54, 1.807) is 0 Å². The fourth-order valence-electron chi connectivity index (χ4n) is 6.96. The molecule has 0 radical (unpaired) electrons. The van der Waals surface area contributed by atoms with E-state index < -0.39 is 17.6 Å². The number of piperidine rings is 1. The van der Waals surface area contributed by atoms with Crippen LogP contribution in [0.2, 0.25) is 0 Å². The molecule has 1 spiro atoms. The molecule has 10 heteroatoms. The first-order chi connectivity index (χ1) is 17.5. The summed E-state index contributed by atoms with van der Waals surface area (Å²) in [4.78, 5) is 44.4. The number of hydrogen-bond donors (Lipinski definition) is 3. The number of likely N-dealkylation sites (tertiary alicyclic amines) is 1. The first kappa shape index (κ1) is 28.1. The van der Waals surface area contributed by atoms with Gasteiger partial charge in [0.2, 0.25) is 11.8 Å². The fraction of sp³-hybridized carbons (Fsp3) is 0.889. The summed E-state index contributed by atoms with van der Waals surface area (Å²) in [5.41, 5.74) is 1.87. The van der Waals surface area contributed by atoms with E-state index in [2.05, 4.69) is 10.8 Å². The van der Waals surface area contributed by atoms with Crippen molar-refractivity contribution in [3.63, 3.8) is 0 Å². The van der Waals surface area contributed by atoms with E-state index in [0.29, 0.717) is 50.7 Å². The summed E-state index contributed by atoms with van der Waals surface area (Å²) < 4.78 is 11.7. The van der Waals surface area contributed by atoms with E-state index in [1.807, 2.05) is 25.7 Å². The maximum Gasteiger partial charge on any atom is 0.407 e. The van der Waals surface area contributed by atoms with E-state index >= 15 is 0 Å². The van der Waals surface area contributed by atoms with Crippen molar-refractivity contribution in [1.82, 2.24) is 15.7 Å². The third kappa shape index (κ3) is 6.57. The molecule has 0 aromatic rings. The van der Waals surface area contributed by atoms with Gasteiger partial charge >= 0.3 is 6.09 Å². The van der Waals surface area contributed by atoms with Crippen molar-refractivity contribution >= 4 is 17.9 Å². The van der Waals surface area contributed by atoms with Crippen molar-refractivity contribution < 1.29 is 33.8 Å². The Hall–Kier alpha value is -1.91. The number of carbonyl (C=O) groups excluding carboxylic acids is 3. The first-order valence-electron chi connectivity index (χ1n) is 13.9. The minimum Gasteiger partial charge on any atom is -0.444 e. The molecule has 4 aliphatic rings. The molecule has 3 amide bonds. The highest BCUT2D eigenvalue weighted by Crippen LogP contribution is 2.53. The number of hydroxylamine groups is 1. The van der Waals surface area contributed by atoms with Crippen LogP contribution in [0.3, 0.4) is 0 Å². The first-order valence-corrected chi connectivity index (χ1v) is 13.9. The summed E-state index contributed by atoms with van der Waals surface area (Å²) in [6.07, 6.45) is 5.40. The molecule has 0 aromatic heterocycles. The van der Waals surface area contributed by atoms with Crippen LogP contribution in [0.25, 0.3) is 0 Å². The van der Waals surface area contributed by atoms with Gasteiger partial charge in [0.05, 0.1) is 31.8 Å². The molecule has 0 aromatic carbocycles. The predicted molar refractivity (Wildman–Crippen MR) is 135 cm³/mol. The number of aliphatic hydroxyl groups excluding tert-OH is 1. The zero-order valence-corrected chi connectivity index (χ0v) is 22.8. The molecule has 2 aliphatic carbocycles. The maximum atomic E-state index is 13.4. The van der Waals surface area contributed by atoms with Crippen LogP contribution in [0.1, 0.15) is 72.1 Å². The maximum absolute atomic E-state index is 13.4. The second-order valence-corrected chi connectivity index (χ2v) is 12.6. The lowest BCUT2D eigenvalue weighted by atomic mass is 9.63. The molecular formula is C27H45N3O7. The van der Waals surface area contributed by atoms with E-state index in [9.17, 15) is 19.5 Å². The average Bonchev–Trinajstić information content (AvgIpc) is 3.19. The summed E-state index contributed by atoms with van der Waals surface area (Å²) in [5.74, 6) is -0.318. The van der Waals surface area contributed by atoms with Crippen LogP contribution in [-0.4, -0.2) is 79.1 Å². The summed E-state index contributed by atoms with van der Waals surface area (Å²) in [6, 6.07) is 0. The Morgan fingerprint density at radius 2 is 1.81 bits per heavy atom. The summed E-state index contributed by atoms with van der Waals surface area (Å²) >= 11 is 0. The number of amides is 3. The molecule has 2 heterocycles. The van der Waals surface area contributed by atoms with Gasteiger partial charge in [-0.2, -0.15) is 0 Å². The van der Waals surface area contributed by atoms with Gasteiger partial charge in [0.15, 0.2) is 0 Å². The van der Waals surface area contributed by atoms with Gasteiger partial charge < -0.3 is 24.8 Å². The smallest absolute Gasteiger partial charge is 0.407 e. The molecule has 2 saturated carbocycles. The van der Waals surface area contributed by atoms with Gasteiger partial charge in [-0.15, -0.1) is 0 Å². The molecule has 2 saturated heterocycles. The van der Waals surface area contributed by atoms with Crippen LogP contribution < -0.4 is 10.8 Å². The predicted octanol–water partition coefficient (Wildman–Crippen LogP) is 2.39. The number of fused-ring (bicyclic) bond motifs is 2. The second kappa shape index (κ2) is 11.5. The Balaban J connectivity index is 1.29. The largest absolute Gasteiger partial charge is 0.444 e. The molecular weight excluding hydrogens is 478 g/mol. The van der Waals surface area contributed by atoms with Crippen LogP contribution in [0.5, 0.6) is 0 Å². The highest BCUT2D eigenvalue weighted by atomic mass is 16.6. The van der Waals surface area contributed by atoms with Gasteiger partial charge in [-0.1, -0.05) is 0 Å². The molecule has 210 valence electrons. The standard InChI is InChI=1S/C27H45N3O7/c1-26(2,3)37-25(34)28-15-17-5-8-22-20(13-17)27(16-36-22)9-11-30(12-10-27)24(33)18-6-7-21(31)19(14-18)23(32)29-35-4/h17-22,31H,5-16H2,1-4H3,(H,28,34)(H,29,32). The molecule has 3 N–H and O–H groups in total. The lowest BCUT2D eigenvalue weighted by Crippen LogP contribution is -2.51. The fourth-order valence-corrected chi connectivity index (χ4v) is 6.96. The molecule has 0 bridgehead atoms. The minimum absolute atomic E-state index is 0.0790. The van der Waals surface area contributed by atoms with Crippen molar-refractivity contribution in [2.75, 3.05) is 33.4 Å². The number of rotatable bonds is 5. The number of hydrogen-bond acceptors (Lipinski definition) is 7. The molecule has 4 rings (SSSR count). The number of aliphatic hydroxyl groups is 1. The quantitative estimate of drug-likeness (QED) is 0.472. The number of alkyl carbamates (subject to hydrolysis) is 1. The molecule has 37 heavy (non-hydrogen) atoms. The van der Waals surface area contributed by atoms with Crippen LogP contribution in [0, 0.1) is 29.1 Å². The Morgan fingerprint density at radius 1 is 1.08 bits per heavy atom. The minimum atomic E-state index is -0.750. The number of nitrogens with one attached hydrogen (secondary N) is 2. The van der Waals surface area contributed by atoms with Crippen molar-refractivity contribution in [3.05, 3.63) is 0 Å². The summed E-state index contributed by atoms with van der Waals surface area (Å²) in [7, 11) is 1.36. The monoisotopic (exact) mass is 523 g/mol. The Morgan fingerprint density at radius 3 is 2.49 bits per heavy atom. The van der Waals surface area contributed by atoms with Gasteiger partial charge in [-0.3, -0.25) is 14.4 Å². The van der Waals surface area contributed by atoms with E-state index in [-0.39, 0.29) is 35.3 Å². The second-order valence-electron chi connectivity index (χ2n) is 12.6. The zero-order valence-electron chi connectivity index (χ0n) is 22.8. The van der Waals surface area contributed by atoms with Gasteiger partial charge in [0.1, 0.15) is 5.60 Å². The highest BCUT2D eigenvalue weighted by molar-refractivity contribution is 5.82. The van der Waals surface area contributed by atoms with Gasteiger partial charge in [0.25, 0.3) is 0 Å². The van der Waals surface area contributed by atoms with Crippen LogP contribution in [0.4, 0.5) is 4.79 Å². The third-order valence-electron chi connectivity index (χ3n) is 8.97. The van der Waals surface area contributed by atoms with E-state index in [4.69, 9.17) is 14.3 Å². The van der Waals surface area contributed by atoms with Crippen molar-refractivity contribution in [1.29, 1.82) is 0 Å². The summed E-state index contributed by atoms with van der Waals surface area (Å²) in [5, 5.41) is 13.2. The van der Waals surface area contributed by atoms with Crippen molar-refractivity contribution in [2.24, 2.45) is 29.1 Å². The number of nitrogens with zero attached hydrogens (tertiary/aromatic N) is 1. The lowest BCUT2D eigenvalue weighted by Gasteiger charge is -2.46. The van der Waals surface area contributed by atoms with Gasteiger partial charge in [-0.05, 0) is 84.0 Å². The van der Waals surface area contributed by atoms with Crippen LogP contribution in [-0.2, 0) is 23.9 Å². The number of ether oxygens (including phenoxy) is 2. The van der Waals surface area contributed by atoms with Crippen LogP contribution >= 0.6 is 0 Å².